The highest BCUT2D eigenvalue weighted by Gasteiger charge is 2.04. The smallest absolute Gasteiger partial charge is 0.191 e. The molecule has 0 amide bonds. The van der Waals surface area contributed by atoms with Crippen molar-refractivity contribution in [1.29, 1.82) is 0 Å². The third-order valence-corrected chi connectivity index (χ3v) is 4.42. The summed E-state index contributed by atoms with van der Waals surface area (Å²) in [4.78, 5) is 13.4. The van der Waals surface area contributed by atoms with Crippen molar-refractivity contribution in [3.63, 3.8) is 0 Å². The van der Waals surface area contributed by atoms with Crippen molar-refractivity contribution in [3.05, 3.63) is 77.0 Å². The zero-order valence-corrected chi connectivity index (χ0v) is 19.0. The summed E-state index contributed by atoms with van der Waals surface area (Å²) in [6.45, 7) is 5.92. The lowest BCUT2D eigenvalue weighted by atomic mass is 10.2. The molecule has 1 aromatic carbocycles. The van der Waals surface area contributed by atoms with Gasteiger partial charge in [-0.25, -0.2) is 15.0 Å². The summed E-state index contributed by atoms with van der Waals surface area (Å²) in [5.74, 6) is 2.50. The molecule has 0 aliphatic heterocycles. The Morgan fingerprint density at radius 2 is 1.96 bits per heavy atom. The maximum Gasteiger partial charge on any atom is 0.191 e. The van der Waals surface area contributed by atoms with Crippen LogP contribution in [0.1, 0.15) is 23.9 Å². The summed E-state index contributed by atoms with van der Waals surface area (Å²) in [6.07, 6.45) is 5.51. The van der Waals surface area contributed by atoms with Crippen LogP contribution >= 0.6 is 35.6 Å². The maximum atomic E-state index is 6.21. The molecule has 0 aliphatic carbocycles. The average Bonchev–Trinajstić information content (AvgIpc) is 3.11. The minimum atomic E-state index is 0. The van der Waals surface area contributed by atoms with E-state index in [1.165, 1.54) is 0 Å². The molecule has 0 saturated carbocycles. The molecule has 0 atom stereocenters. The van der Waals surface area contributed by atoms with Gasteiger partial charge in [0.1, 0.15) is 11.6 Å². The Kier molecular flexibility index (Phi) is 8.72. The van der Waals surface area contributed by atoms with E-state index in [1.54, 1.807) is 6.20 Å². The minimum absolute atomic E-state index is 0. The van der Waals surface area contributed by atoms with E-state index in [4.69, 9.17) is 11.6 Å². The highest BCUT2D eigenvalue weighted by molar-refractivity contribution is 14.0. The van der Waals surface area contributed by atoms with Crippen LogP contribution in [0.3, 0.4) is 0 Å². The van der Waals surface area contributed by atoms with Crippen LogP contribution in [0, 0.1) is 6.92 Å². The molecule has 28 heavy (non-hydrogen) atoms. The molecule has 0 saturated heterocycles. The summed E-state index contributed by atoms with van der Waals surface area (Å²) < 4.78 is 1.95. The molecule has 2 N–H and O–H groups in total. The second-order valence-corrected chi connectivity index (χ2v) is 6.42. The van der Waals surface area contributed by atoms with E-state index in [0.717, 1.165) is 40.3 Å². The second kappa shape index (κ2) is 11.0. The number of hydrogen-bond acceptors (Lipinski definition) is 3. The van der Waals surface area contributed by atoms with Gasteiger partial charge in [0.15, 0.2) is 5.96 Å². The largest absolute Gasteiger partial charge is 0.357 e. The number of aryl methyl sites for hydroxylation is 1. The van der Waals surface area contributed by atoms with Gasteiger partial charge in [-0.05, 0) is 37.1 Å². The first kappa shape index (κ1) is 22.2. The SMILES string of the molecule is CCNC(=NCc1ccc(-n2ccnc2C)nc1)NCc1ccccc1Cl.I. The fourth-order valence-corrected chi connectivity index (χ4v) is 2.81. The number of rotatable bonds is 6. The first-order valence-corrected chi connectivity index (χ1v) is 9.26. The van der Waals surface area contributed by atoms with E-state index in [1.807, 2.05) is 67.2 Å². The predicted octanol–water partition coefficient (Wildman–Crippen LogP) is 4.10. The Balaban J connectivity index is 0.00000280. The number of imidazole rings is 1. The molecule has 0 fully saturated rings. The van der Waals surface area contributed by atoms with Crippen LogP contribution in [0.5, 0.6) is 0 Å². The lowest BCUT2D eigenvalue weighted by molar-refractivity contribution is 0.815. The van der Waals surface area contributed by atoms with Crippen LogP contribution in [-0.2, 0) is 13.1 Å². The highest BCUT2D eigenvalue weighted by Crippen LogP contribution is 2.14. The van der Waals surface area contributed by atoms with Crippen molar-refractivity contribution in [1.82, 2.24) is 25.2 Å². The van der Waals surface area contributed by atoms with E-state index in [2.05, 4.69) is 25.6 Å². The Morgan fingerprint density at radius 1 is 1.14 bits per heavy atom. The summed E-state index contributed by atoms with van der Waals surface area (Å²) >= 11 is 6.21. The number of aliphatic imine (C=N–C) groups is 1. The zero-order chi connectivity index (χ0) is 19.1. The number of aromatic nitrogens is 3. The van der Waals surface area contributed by atoms with Gasteiger partial charge < -0.3 is 10.6 Å². The third kappa shape index (κ3) is 5.93. The van der Waals surface area contributed by atoms with Crippen molar-refractivity contribution in [3.8, 4) is 5.82 Å². The maximum absolute atomic E-state index is 6.21. The van der Waals surface area contributed by atoms with Crippen LogP contribution in [0.15, 0.2) is 60.0 Å². The lowest BCUT2D eigenvalue weighted by Crippen LogP contribution is -2.36. The fraction of sp³-hybridized carbons (Fsp3) is 0.250. The predicted molar refractivity (Wildman–Crippen MR) is 125 cm³/mol. The van der Waals surface area contributed by atoms with Gasteiger partial charge >= 0.3 is 0 Å². The Bertz CT molecular complexity index is 907. The molecule has 2 aromatic heterocycles. The summed E-state index contributed by atoms with van der Waals surface area (Å²) in [7, 11) is 0. The van der Waals surface area contributed by atoms with E-state index >= 15 is 0 Å². The van der Waals surface area contributed by atoms with Gasteiger partial charge in [0.25, 0.3) is 0 Å². The monoisotopic (exact) mass is 510 g/mol. The van der Waals surface area contributed by atoms with Crippen LogP contribution in [0.2, 0.25) is 5.02 Å². The zero-order valence-electron chi connectivity index (χ0n) is 15.9. The first-order valence-electron chi connectivity index (χ1n) is 8.88. The molecule has 3 aromatic rings. The molecule has 3 rings (SSSR count). The van der Waals surface area contributed by atoms with E-state index in [-0.39, 0.29) is 24.0 Å². The summed E-state index contributed by atoms with van der Waals surface area (Å²) in [6, 6.07) is 11.8. The van der Waals surface area contributed by atoms with E-state index in [9.17, 15) is 0 Å². The molecule has 0 unspecified atom stereocenters. The summed E-state index contributed by atoms with van der Waals surface area (Å²) in [5.41, 5.74) is 2.07. The van der Waals surface area contributed by atoms with Gasteiger partial charge in [-0.2, -0.15) is 0 Å². The molecule has 8 heteroatoms. The van der Waals surface area contributed by atoms with Gasteiger partial charge in [-0.3, -0.25) is 4.57 Å². The number of nitrogens with zero attached hydrogens (tertiary/aromatic N) is 4. The van der Waals surface area contributed by atoms with Gasteiger partial charge in [0.05, 0.1) is 6.54 Å². The molecule has 148 valence electrons. The first-order chi connectivity index (χ1) is 13.2. The molecule has 0 aliphatic rings. The quantitative estimate of drug-likeness (QED) is 0.298. The van der Waals surface area contributed by atoms with Crippen LogP contribution < -0.4 is 10.6 Å². The van der Waals surface area contributed by atoms with Crippen LogP contribution in [-0.4, -0.2) is 27.0 Å². The number of hydrogen-bond donors (Lipinski definition) is 2. The average molecular weight is 511 g/mol. The van der Waals surface area contributed by atoms with Crippen LogP contribution in [0.4, 0.5) is 0 Å². The van der Waals surface area contributed by atoms with Crippen molar-refractivity contribution >= 4 is 41.5 Å². The number of nitrogens with one attached hydrogen (secondary N) is 2. The second-order valence-electron chi connectivity index (χ2n) is 6.01. The molecule has 0 spiro atoms. The number of benzene rings is 1. The van der Waals surface area contributed by atoms with E-state index < -0.39 is 0 Å². The normalized spacial score (nSPS) is 11.0. The molecular weight excluding hydrogens is 487 g/mol. The van der Waals surface area contributed by atoms with Crippen molar-refractivity contribution in [2.24, 2.45) is 4.99 Å². The topological polar surface area (TPSA) is 67.1 Å². The Labute approximate surface area is 187 Å². The summed E-state index contributed by atoms with van der Waals surface area (Å²) in [5, 5.41) is 7.30. The van der Waals surface area contributed by atoms with Crippen molar-refractivity contribution in [2.75, 3.05) is 6.54 Å². The Morgan fingerprint density at radius 3 is 2.61 bits per heavy atom. The van der Waals surface area contributed by atoms with Crippen molar-refractivity contribution in [2.45, 2.75) is 26.9 Å². The van der Waals surface area contributed by atoms with Gasteiger partial charge in [0.2, 0.25) is 0 Å². The van der Waals surface area contributed by atoms with Crippen molar-refractivity contribution < 1.29 is 0 Å². The molecule has 2 heterocycles. The molecule has 0 radical (unpaired) electrons. The minimum Gasteiger partial charge on any atom is -0.357 e. The van der Waals surface area contributed by atoms with E-state index in [0.29, 0.717) is 13.1 Å². The third-order valence-electron chi connectivity index (χ3n) is 4.05. The number of halogens is 2. The molecular formula is C20H24ClIN6. The number of pyridine rings is 1. The van der Waals surface area contributed by atoms with Gasteiger partial charge in [-0.15, -0.1) is 24.0 Å². The Hall–Kier alpha value is -2.13. The lowest BCUT2D eigenvalue weighted by Gasteiger charge is -2.12. The fourth-order valence-electron chi connectivity index (χ4n) is 2.61. The van der Waals surface area contributed by atoms with Gasteiger partial charge in [-0.1, -0.05) is 35.9 Å². The highest BCUT2D eigenvalue weighted by atomic mass is 127. The van der Waals surface area contributed by atoms with Crippen LogP contribution in [0.25, 0.3) is 5.82 Å². The standard InChI is InChI=1S/C20H23ClN6.HI/c1-3-22-20(26-14-17-6-4-5-7-18(17)21)25-13-16-8-9-19(24-12-16)27-11-10-23-15(27)2;/h4-12H,3,13-14H2,1-2H3,(H2,22,25,26);1H. The molecule has 6 nitrogen and oxygen atoms in total. The van der Waals surface area contributed by atoms with Gasteiger partial charge in [0, 0.05) is 36.7 Å². The molecule has 0 bridgehead atoms. The number of guanidine groups is 1.